The summed E-state index contributed by atoms with van der Waals surface area (Å²) in [5.74, 6) is 3.26. The van der Waals surface area contributed by atoms with Gasteiger partial charge in [0.15, 0.2) is 12.6 Å². The first kappa shape index (κ1) is 25.3. The fraction of sp³-hybridized carbons (Fsp3) is 0.852. The molecular weight excluding hydrogens is 426 g/mol. The molecule has 4 aliphatic rings. The highest BCUT2D eigenvalue weighted by atomic mass is 19.3. The Morgan fingerprint density at radius 1 is 0.697 bits per heavy atom. The van der Waals surface area contributed by atoms with Crippen molar-refractivity contribution < 1.29 is 27.7 Å². The van der Waals surface area contributed by atoms with Gasteiger partial charge in [-0.05, 0) is 82.1 Å². The van der Waals surface area contributed by atoms with Crippen molar-refractivity contribution >= 4 is 0 Å². The molecule has 33 heavy (non-hydrogen) atoms. The van der Waals surface area contributed by atoms with E-state index in [-0.39, 0.29) is 18.5 Å². The van der Waals surface area contributed by atoms with Crippen LogP contribution in [0.1, 0.15) is 71.1 Å². The third-order valence-corrected chi connectivity index (χ3v) is 8.38. The zero-order chi connectivity index (χ0) is 23.0. The second-order valence-corrected chi connectivity index (χ2v) is 10.6. The van der Waals surface area contributed by atoms with Gasteiger partial charge in [-0.15, -0.1) is 0 Å². The van der Waals surface area contributed by atoms with Gasteiger partial charge in [0.1, 0.15) is 0 Å². The molecule has 2 aliphatic carbocycles. The zero-order valence-electron chi connectivity index (χ0n) is 20.1. The molecule has 0 amide bonds. The van der Waals surface area contributed by atoms with Crippen LogP contribution in [-0.4, -0.2) is 39.0 Å². The topological polar surface area (TPSA) is 36.9 Å². The molecule has 2 heterocycles. The molecule has 188 valence electrons. The van der Waals surface area contributed by atoms with E-state index in [1.54, 1.807) is 0 Å². The summed E-state index contributed by atoms with van der Waals surface area (Å²) in [6.45, 7) is 4.72. The minimum atomic E-state index is -1.53. The molecule has 0 N–H and O–H groups in total. The van der Waals surface area contributed by atoms with Gasteiger partial charge in [0.25, 0.3) is 6.08 Å². The van der Waals surface area contributed by atoms with Crippen LogP contribution in [0.15, 0.2) is 24.3 Å². The summed E-state index contributed by atoms with van der Waals surface area (Å²) < 4.78 is 48.6. The van der Waals surface area contributed by atoms with Gasteiger partial charge in [-0.2, -0.15) is 8.78 Å². The lowest BCUT2D eigenvalue weighted by Crippen LogP contribution is -2.46. The van der Waals surface area contributed by atoms with Gasteiger partial charge in [-0.3, -0.25) is 0 Å². The van der Waals surface area contributed by atoms with Crippen molar-refractivity contribution in [1.82, 2.24) is 0 Å². The molecule has 4 rings (SSSR count). The molecular formula is C27H42F2O4. The van der Waals surface area contributed by atoms with Gasteiger partial charge < -0.3 is 18.9 Å². The number of ether oxygens (including phenoxy) is 4. The number of hydrogen-bond acceptors (Lipinski definition) is 4. The van der Waals surface area contributed by atoms with Crippen LogP contribution in [-0.2, 0) is 18.9 Å². The Morgan fingerprint density at radius 2 is 1.21 bits per heavy atom. The summed E-state index contributed by atoms with van der Waals surface area (Å²) in [5.41, 5.74) is 0. The van der Waals surface area contributed by atoms with Crippen LogP contribution in [0.3, 0.4) is 0 Å². The van der Waals surface area contributed by atoms with Gasteiger partial charge >= 0.3 is 0 Å². The maximum Gasteiger partial charge on any atom is 0.266 e. The Labute approximate surface area is 198 Å². The van der Waals surface area contributed by atoms with Crippen LogP contribution < -0.4 is 0 Å². The molecule has 0 spiro atoms. The number of rotatable bonds is 7. The van der Waals surface area contributed by atoms with Crippen molar-refractivity contribution in [2.45, 2.75) is 83.7 Å². The molecule has 0 radical (unpaired) electrons. The van der Waals surface area contributed by atoms with E-state index in [2.05, 4.69) is 6.08 Å². The van der Waals surface area contributed by atoms with Crippen molar-refractivity contribution in [2.24, 2.45) is 35.5 Å². The minimum Gasteiger partial charge on any atom is -0.352 e. The molecule has 0 unspecified atom stereocenters. The van der Waals surface area contributed by atoms with Crippen molar-refractivity contribution in [2.75, 3.05) is 26.4 Å². The predicted octanol–water partition coefficient (Wildman–Crippen LogP) is 6.71. The van der Waals surface area contributed by atoms with E-state index < -0.39 is 6.08 Å². The van der Waals surface area contributed by atoms with Crippen LogP contribution in [0.5, 0.6) is 0 Å². The molecule has 4 fully saturated rings. The zero-order valence-corrected chi connectivity index (χ0v) is 20.1. The lowest BCUT2D eigenvalue weighted by molar-refractivity contribution is -0.289. The van der Waals surface area contributed by atoms with Gasteiger partial charge in [-0.25, -0.2) is 0 Å². The first-order valence-electron chi connectivity index (χ1n) is 13.2. The SMILES string of the molecule is CC=CC1COC(C2COC(C3CCC(C4CCC(CCC=C(F)F)CC4)CC3)OC2)OC1. The normalized spacial score (nSPS) is 40.6. The second kappa shape index (κ2) is 12.8. The summed E-state index contributed by atoms with van der Waals surface area (Å²) in [4.78, 5) is 0. The molecule has 0 aromatic heterocycles. The van der Waals surface area contributed by atoms with Crippen molar-refractivity contribution in [3.8, 4) is 0 Å². The summed E-state index contributed by atoms with van der Waals surface area (Å²) in [6, 6.07) is 0. The largest absolute Gasteiger partial charge is 0.352 e. The molecule has 6 heteroatoms. The molecule has 2 aliphatic heterocycles. The Hall–Kier alpha value is -0.820. The average molecular weight is 469 g/mol. The van der Waals surface area contributed by atoms with Crippen molar-refractivity contribution in [3.05, 3.63) is 24.3 Å². The fourth-order valence-corrected chi connectivity index (χ4v) is 6.42. The third kappa shape index (κ3) is 7.33. The van der Waals surface area contributed by atoms with Crippen LogP contribution in [0.25, 0.3) is 0 Å². The van der Waals surface area contributed by atoms with Crippen LogP contribution in [0, 0.1) is 35.5 Å². The standard InChI is InChI=1S/C27H42F2O4/c1-2-4-20-15-30-27(31-16-20)24-17-32-26(33-18-24)23-13-11-22(12-14-23)21-9-7-19(8-10-21)5-3-6-25(28)29/h2,4,6,19-24,26-27H,3,5,7-18H2,1H3. The second-order valence-electron chi connectivity index (χ2n) is 10.6. The van der Waals surface area contributed by atoms with E-state index >= 15 is 0 Å². The number of halogens is 2. The predicted molar refractivity (Wildman–Crippen MR) is 124 cm³/mol. The van der Waals surface area contributed by atoms with Crippen LogP contribution in [0.4, 0.5) is 8.78 Å². The monoisotopic (exact) mass is 468 g/mol. The molecule has 0 bridgehead atoms. The first-order valence-corrected chi connectivity index (χ1v) is 13.2. The van der Waals surface area contributed by atoms with E-state index in [1.807, 2.05) is 13.0 Å². The maximum atomic E-state index is 12.2. The van der Waals surface area contributed by atoms with E-state index in [1.165, 1.54) is 51.4 Å². The van der Waals surface area contributed by atoms with E-state index in [0.29, 0.717) is 50.6 Å². The highest BCUT2D eigenvalue weighted by Gasteiger charge is 2.38. The first-order chi connectivity index (χ1) is 16.1. The summed E-state index contributed by atoms with van der Waals surface area (Å²) in [6.07, 6.45) is 14.8. The highest BCUT2D eigenvalue weighted by Crippen LogP contribution is 2.43. The quantitative estimate of drug-likeness (QED) is 0.389. The Bertz CT molecular complexity index is 618. The lowest BCUT2D eigenvalue weighted by Gasteiger charge is -2.42. The van der Waals surface area contributed by atoms with E-state index in [4.69, 9.17) is 18.9 Å². The van der Waals surface area contributed by atoms with Gasteiger partial charge in [0.05, 0.1) is 32.3 Å². The molecule has 0 aromatic rings. The Morgan fingerprint density at radius 3 is 1.79 bits per heavy atom. The van der Waals surface area contributed by atoms with E-state index in [9.17, 15) is 8.78 Å². The lowest BCUT2D eigenvalue weighted by atomic mass is 9.68. The van der Waals surface area contributed by atoms with Gasteiger partial charge in [-0.1, -0.05) is 25.0 Å². The molecule has 2 saturated carbocycles. The molecule has 2 saturated heterocycles. The van der Waals surface area contributed by atoms with Crippen molar-refractivity contribution in [1.29, 1.82) is 0 Å². The minimum absolute atomic E-state index is 0.0822. The van der Waals surface area contributed by atoms with Gasteiger partial charge in [0, 0.05) is 11.8 Å². The van der Waals surface area contributed by atoms with Crippen LogP contribution in [0.2, 0.25) is 0 Å². The van der Waals surface area contributed by atoms with E-state index in [0.717, 1.165) is 24.3 Å². The fourth-order valence-electron chi connectivity index (χ4n) is 6.42. The summed E-state index contributed by atoms with van der Waals surface area (Å²) in [5, 5.41) is 0. The van der Waals surface area contributed by atoms with Crippen LogP contribution >= 0.6 is 0 Å². The molecule has 4 nitrogen and oxygen atoms in total. The Balaban J connectivity index is 1.11. The maximum absolute atomic E-state index is 12.2. The van der Waals surface area contributed by atoms with Gasteiger partial charge in [0.2, 0.25) is 0 Å². The molecule has 0 atom stereocenters. The highest BCUT2D eigenvalue weighted by molar-refractivity contribution is 4.88. The number of hydrogen-bond donors (Lipinski definition) is 0. The average Bonchev–Trinajstić information content (AvgIpc) is 2.85. The number of allylic oxidation sites excluding steroid dienone is 2. The smallest absolute Gasteiger partial charge is 0.266 e. The Kier molecular flexibility index (Phi) is 9.77. The van der Waals surface area contributed by atoms with Crippen molar-refractivity contribution in [3.63, 3.8) is 0 Å². The summed E-state index contributed by atoms with van der Waals surface area (Å²) in [7, 11) is 0. The summed E-state index contributed by atoms with van der Waals surface area (Å²) >= 11 is 0. The third-order valence-electron chi connectivity index (χ3n) is 8.38. The molecule has 0 aromatic carbocycles.